The molecule has 0 saturated carbocycles. The molecule has 1 aliphatic rings. The van der Waals surface area contributed by atoms with Gasteiger partial charge in [-0.1, -0.05) is 0 Å². The lowest BCUT2D eigenvalue weighted by Crippen LogP contribution is -2.47. The number of hydrogen-bond donors (Lipinski definition) is 1. The third-order valence-electron chi connectivity index (χ3n) is 8.30. The van der Waals surface area contributed by atoms with Crippen molar-refractivity contribution in [1.82, 2.24) is 14.9 Å². The third kappa shape index (κ3) is 6.71. The van der Waals surface area contributed by atoms with Gasteiger partial charge in [0.05, 0.1) is 30.6 Å². The van der Waals surface area contributed by atoms with Gasteiger partial charge in [-0.25, -0.2) is 0 Å². The standard InChI is InChI=1S/C35H41N5O5/c1-6-39-30-12-10-28(22-31(30)38(4)33(42)35(2,3)34(39)43)45-19-7-16-36-23-24-14-17-37-26(20-24)15-18-40-29-11-9-27(44-5)21-25(29)8-13-32(40)41/h8-14,17,20-22,36H,6-7,15-16,18-19,23H2,1-5H3. The molecule has 0 radical (unpaired) electrons. The number of hydrogen-bond acceptors (Lipinski definition) is 7. The zero-order valence-electron chi connectivity index (χ0n) is 26.6. The van der Waals surface area contributed by atoms with Crippen LogP contribution in [0.3, 0.4) is 0 Å². The van der Waals surface area contributed by atoms with Crippen molar-refractivity contribution in [3.63, 3.8) is 0 Å². The number of carbonyl (C=O) groups is 2. The Kier molecular flexibility index (Phi) is 9.53. The van der Waals surface area contributed by atoms with Crippen molar-refractivity contribution in [3.8, 4) is 11.5 Å². The fraction of sp³-hybridized carbons (Fsp3) is 0.371. The van der Waals surface area contributed by atoms with Gasteiger partial charge in [0, 0.05) is 62.5 Å². The second-order valence-electron chi connectivity index (χ2n) is 11.7. The van der Waals surface area contributed by atoms with Gasteiger partial charge in [0.1, 0.15) is 16.9 Å². The van der Waals surface area contributed by atoms with Gasteiger partial charge in [0.15, 0.2) is 0 Å². The number of nitrogens with one attached hydrogen (secondary N) is 1. The Morgan fingerprint density at radius 3 is 2.49 bits per heavy atom. The molecule has 1 aliphatic heterocycles. The van der Waals surface area contributed by atoms with Crippen LogP contribution in [0.1, 0.15) is 38.4 Å². The number of methoxy groups -OCH3 is 1. The van der Waals surface area contributed by atoms with Crippen molar-refractivity contribution in [2.75, 3.05) is 43.7 Å². The molecule has 5 rings (SSSR count). The first-order valence-electron chi connectivity index (χ1n) is 15.3. The van der Waals surface area contributed by atoms with Crippen LogP contribution in [0.25, 0.3) is 10.9 Å². The predicted molar refractivity (Wildman–Crippen MR) is 176 cm³/mol. The van der Waals surface area contributed by atoms with Gasteiger partial charge < -0.3 is 29.2 Å². The summed E-state index contributed by atoms with van der Waals surface area (Å²) in [7, 11) is 3.33. The summed E-state index contributed by atoms with van der Waals surface area (Å²) >= 11 is 0. The van der Waals surface area contributed by atoms with Crippen LogP contribution in [0.15, 0.2) is 71.7 Å². The molecule has 0 aliphatic carbocycles. The highest BCUT2D eigenvalue weighted by Crippen LogP contribution is 2.40. The number of carbonyl (C=O) groups excluding carboxylic acids is 2. The van der Waals surface area contributed by atoms with E-state index >= 15 is 0 Å². The second-order valence-corrected chi connectivity index (χ2v) is 11.7. The largest absolute Gasteiger partial charge is 0.497 e. The number of anilines is 2. The molecule has 3 heterocycles. The van der Waals surface area contributed by atoms with E-state index in [0.717, 1.165) is 40.9 Å². The predicted octanol–water partition coefficient (Wildman–Crippen LogP) is 4.56. The molecule has 1 N–H and O–H groups in total. The fourth-order valence-corrected chi connectivity index (χ4v) is 5.73. The maximum atomic E-state index is 13.1. The lowest BCUT2D eigenvalue weighted by molar-refractivity contribution is -0.137. The van der Waals surface area contributed by atoms with E-state index in [0.29, 0.717) is 49.8 Å². The van der Waals surface area contributed by atoms with Crippen LogP contribution in [0.5, 0.6) is 11.5 Å². The molecule has 0 saturated heterocycles. The molecule has 236 valence electrons. The van der Waals surface area contributed by atoms with Crippen LogP contribution in [-0.4, -0.2) is 55.2 Å². The average molecular weight is 612 g/mol. The number of aromatic nitrogens is 2. The first-order chi connectivity index (χ1) is 21.6. The number of ether oxygens (including phenoxy) is 2. The molecule has 2 aromatic heterocycles. The molecule has 0 fully saturated rings. The number of amides is 2. The van der Waals surface area contributed by atoms with Gasteiger partial charge in [-0.2, -0.15) is 0 Å². The normalized spacial score (nSPS) is 14.4. The van der Waals surface area contributed by atoms with E-state index in [-0.39, 0.29) is 17.4 Å². The lowest BCUT2D eigenvalue weighted by Gasteiger charge is -2.27. The number of aryl methyl sites for hydroxylation is 2. The van der Waals surface area contributed by atoms with E-state index in [1.165, 1.54) is 0 Å². The van der Waals surface area contributed by atoms with E-state index in [1.54, 1.807) is 54.6 Å². The second kappa shape index (κ2) is 13.5. The third-order valence-corrected chi connectivity index (χ3v) is 8.30. The minimum atomic E-state index is -1.14. The highest BCUT2D eigenvalue weighted by atomic mass is 16.5. The summed E-state index contributed by atoms with van der Waals surface area (Å²) in [5, 5.41) is 4.42. The Balaban J connectivity index is 1.12. The maximum absolute atomic E-state index is 13.1. The van der Waals surface area contributed by atoms with Crippen molar-refractivity contribution >= 4 is 34.1 Å². The number of nitrogens with zero attached hydrogens (tertiary/aromatic N) is 4. The molecular weight excluding hydrogens is 570 g/mol. The molecule has 10 nitrogen and oxygen atoms in total. The van der Waals surface area contributed by atoms with Crippen molar-refractivity contribution in [2.45, 2.75) is 46.7 Å². The summed E-state index contributed by atoms with van der Waals surface area (Å²) in [6.45, 7) is 8.19. The molecule has 10 heteroatoms. The molecule has 0 bridgehead atoms. The van der Waals surface area contributed by atoms with Gasteiger partial charge in [0.2, 0.25) is 11.8 Å². The van der Waals surface area contributed by atoms with Crippen LogP contribution in [-0.2, 0) is 29.1 Å². The van der Waals surface area contributed by atoms with Gasteiger partial charge in [0.25, 0.3) is 5.56 Å². The van der Waals surface area contributed by atoms with Crippen LogP contribution in [0.4, 0.5) is 11.4 Å². The van der Waals surface area contributed by atoms with Crippen LogP contribution >= 0.6 is 0 Å². The van der Waals surface area contributed by atoms with Crippen molar-refractivity contribution < 1.29 is 19.1 Å². The Labute approximate surface area is 263 Å². The van der Waals surface area contributed by atoms with Gasteiger partial charge >= 0.3 is 0 Å². The fourth-order valence-electron chi connectivity index (χ4n) is 5.73. The average Bonchev–Trinajstić information content (AvgIpc) is 3.10. The Bertz CT molecular complexity index is 1770. The smallest absolute Gasteiger partial charge is 0.251 e. The summed E-state index contributed by atoms with van der Waals surface area (Å²) in [5.74, 6) is 0.962. The lowest BCUT2D eigenvalue weighted by atomic mass is 9.90. The monoisotopic (exact) mass is 611 g/mol. The minimum absolute atomic E-state index is 0.0407. The van der Waals surface area contributed by atoms with Gasteiger partial charge in [-0.3, -0.25) is 19.4 Å². The maximum Gasteiger partial charge on any atom is 0.251 e. The molecule has 0 atom stereocenters. The first-order valence-corrected chi connectivity index (χ1v) is 15.3. The van der Waals surface area contributed by atoms with E-state index < -0.39 is 5.41 Å². The summed E-state index contributed by atoms with van der Waals surface area (Å²) < 4.78 is 13.1. The molecule has 4 aromatic rings. The summed E-state index contributed by atoms with van der Waals surface area (Å²) in [4.78, 5) is 46.5. The zero-order valence-corrected chi connectivity index (χ0v) is 26.6. The quantitative estimate of drug-likeness (QED) is 0.185. The minimum Gasteiger partial charge on any atom is -0.497 e. The van der Waals surface area contributed by atoms with Crippen LogP contribution in [0.2, 0.25) is 0 Å². The highest BCUT2D eigenvalue weighted by Gasteiger charge is 2.45. The van der Waals surface area contributed by atoms with Crippen molar-refractivity contribution in [1.29, 1.82) is 0 Å². The Morgan fingerprint density at radius 1 is 0.911 bits per heavy atom. The molecule has 45 heavy (non-hydrogen) atoms. The van der Waals surface area contributed by atoms with Crippen LogP contribution in [0, 0.1) is 5.41 Å². The van der Waals surface area contributed by atoms with E-state index in [4.69, 9.17) is 9.47 Å². The van der Waals surface area contributed by atoms with E-state index in [2.05, 4.69) is 16.4 Å². The number of rotatable bonds is 12. The van der Waals surface area contributed by atoms with Gasteiger partial charge in [-0.05, 0) is 87.8 Å². The number of pyridine rings is 2. The van der Waals surface area contributed by atoms with Crippen molar-refractivity contribution in [3.05, 3.63) is 88.5 Å². The van der Waals surface area contributed by atoms with E-state index in [1.807, 2.05) is 55.5 Å². The van der Waals surface area contributed by atoms with Crippen LogP contribution < -0.4 is 30.1 Å². The summed E-state index contributed by atoms with van der Waals surface area (Å²) in [6.07, 6.45) is 3.22. The summed E-state index contributed by atoms with van der Waals surface area (Å²) in [6, 6.07) is 18.7. The van der Waals surface area contributed by atoms with E-state index in [9.17, 15) is 14.4 Å². The first kappa shape index (κ1) is 31.7. The molecular formula is C35H41N5O5. The zero-order chi connectivity index (χ0) is 32.1. The Morgan fingerprint density at radius 2 is 1.71 bits per heavy atom. The highest BCUT2D eigenvalue weighted by molar-refractivity contribution is 6.20. The summed E-state index contributed by atoms with van der Waals surface area (Å²) in [5.41, 5.74) is 3.10. The topological polar surface area (TPSA) is 106 Å². The number of benzene rings is 2. The number of fused-ring (bicyclic) bond motifs is 2. The Hall–Kier alpha value is -4.70. The van der Waals surface area contributed by atoms with Crippen molar-refractivity contribution in [2.24, 2.45) is 5.41 Å². The molecule has 2 amide bonds. The molecule has 0 unspecified atom stereocenters. The van der Waals surface area contributed by atoms with Gasteiger partial charge in [-0.15, -0.1) is 0 Å². The molecule has 0 spiro atoms. The molecule has 2 aromatic carbocycles. The SMILES string of the molecule is CCN1C(=O)C(C)(C)C(=O)N(C)c2cc(OCCCNCc3ccnc(CCn4c(=O)ccc5cc(OC)ccc54)c3)ccc21.